The fourth-order valence-corrected chi connectivity index (χ4v) is 3.02. The molecule has 0 saturated heterocycles. The first-order chi connectivity index (χ1) is 12.6. The summed E-state index contributed by atoms with van der Waals surface area (Å²) in [6.07, 6.45) is 1.77. The second-order valence-corrected chi connectivity index (χ2v) is 5.71. The third-order valence-corrected chi connectivity index (χ3v) is 4.26. The van der Waals surface area contributed by atoms with E-state index in [-0.39, 0.29) is 5.56 Å². The molecule has 6 nitrogen and oxygen atoms in total. The van der Waals surface area contributed by atoms with Gasteiger partial charge in [0.25, 0.3) is 5.56 Å². The smallest absolute Gasteiger partial charge is 0.262 e. The molecule has 0 aliphatic heterocycles. The lowest BCUT2D eigenvalue weighted by molar-refractivity contribution is 0.323. The van der Waals surface area contributed by atoms with Gasteiger partial charge in [0.1, 0.15) is 5.75 Å². The van der Waals surface area contributed by atoms with Crippen molar-refractivity contribution >= 4 is 10.8 Å². The van der Waals surface area contributed by atoms with Crippen LogP contribution in [0.1, 0.15) is 5.56 Å². The quantitative estimate of drug-likeness (QED) is 0.680. The molecule has 1 heterocycles. The van der Waals surface area contributed by atoms with Gasteiger partial charge in [-0.2, -0.15) is 0 Å². The molecule has 136 valence electrons. The number of nitrogens with zero attached hydrogens (tertiary/aromatic N) is 1. The fraction of sp³-hybridized carbons (Fsp3) is 0.250. The minimum absolute atomic E-state index is 0.117. The molecule has 0 bridgehead atoms. The van der Waals surface area contributed by atoms with Crippen molar-refractivity contribution in [1.29, 1.82) is 0 Å². The van der Waals surface area contributed by atoms with E-state index < -0.39 is 0 Å². The molecule has 6 heteroatoms. The van der Waals surface area contributed by atoms with E-state index in [1.165, 1.54) is 0 Å². The van der Waals surface area contributed by atoms with Crippen LogP contribution in [0, 0.1) is 0 Å². The summed E-state index contributed by atoms with van der Waals surface area (Å²) in [4.78, 5) is 12.9. The second kappa shape index (κ2) is 7.39. The number of hydrogen-bond donors (Lipinski definition) is 0. The predicted octanol–water partition coefficient (Wildman–Crippen LogP) is 3.08. The van der Waals surface area contributed by atoms with Crippen molar-refractivity contribution < 1.29 is 18.9 Å². The average Bonchev–Trinajstić information content (AvgIpc) is 2.68. The highest BCUT2D eigenvalue weighted by Gasteiger charge is 2.14. The van der Waals surface area contributed by atoms with Crippen LogP contribution < -0.4 is 24.5 Å². The number of pyridine rings is 1. The van der Waals surface area contributed by atoms with Crippen LogP contribution >= 0.6 is 0 Å². The molecule has 0 aliphatic rings. The molecule has 0 unspecified atom stereocenters. The molecule has 26 heavy (non-hydrogen) atoms. The Morgan fingerprint density at radius 1 is 0.846 bits per heavy atom. The Morgan fingerprint density at radius 3 is 2.08 bits per heavy atom. The van der Waals surface area contributed by atoms with Crippen LogP contribution in [0.3, 0.4) is 0 Å². The van der Waals surface area contributed by atoms with Crippen molar-refractivity contribution in [2.75, 3.05) is 28.4 Å². The Bertz CT molecular complexity index is 968. The first kappa shape index (κ1) is 17.7. The minimum Gasteiger partial charge on any atom is -0.496 e. The Balaban J connectivity index is 2.10. The fourth-order valence-electron chi connectivity index (χ4n) is 3.02. The molecule has 1 aromatic heterocycles. The Kier molecular flexibility index (Phi) is 5.02. The zero-order valence-corrected chi connectivity index (χ0v) is 15.2. The summed E-state index contributed by atoms with van der Waals surface area (Å²) in [7, 11) is 6.24. The first-order valence-electron chi connectivity index (χ1n) is 8.08. The lowest BCUT2D eigenvalue weighted by Crippen LogP contribution is -2.20. The van der Waals surface area contributed by atoms with Crippen LogP contribution in [0.15, 0.2) is 47.4 Å². The third-order valence-electron chi connectivity index (χ3n) is 4.26. The number of methoxy groups -OCH3 is 4. The van der Waals surface area contributed by atoms with E-state index in [4.69, 9.17) is 18.9 Å². The van der Waals surface area contributed by atoms with Gasteiger partial charge >= 0.3 is 0 Å². The molecule has 0 fully saturated rings. The molecule has 0 radical (unpaired) electrons. The van der Waals surface area contributed by atoms with Gasteiger partial charge in [-0.05, 0) is 35.2 Å². The lowest BCUT2D eigenvalue weighted by atomic mass is 10.1. The van der Waals surface area contributed by atoms with E-state index in [1.54, 1.807) is 45.3 Å². The molecular formula is C20H21NO5. The summed E-state index contributed by atoms with van der Waals surface area (Å²) in [5, 5.41) is 1.40. The molecular weight excluding hydrogens is 334 g/mol. The van der Waals surface area contributed by atoms with Gasteiger partial charge in [-0.15, -0.1) is 0 Å². The molecule has 0 spiro atoms. The molecule has 3 rings (SSSR count). The summed E-state index contributed by atoms with van der Waals surface area (Å²) in [5.74, 6) is 2.18. The minimum atomic E-state index is -0.117. The van der Waals surface area contributed by atoms with Crippen LogP contribution in [0.2, 0.25) is 0 Å². The topological polar surface area (TPSA) is 58.9 Å². The number of aromatic nitrogens is 1. The van der Waals surface area contributed by atoms with Gasteiger partial charge in [0, 0.05) is 6.20 Å². The normalized spacial score (nSPS) is 10.6. The van der Waals surface area contributed by atoms with Crippen molar-refractivity contribution in [2.45, 2.75) is 6.54 Å². The van der Waals surface area contributed by atoms with Crippen LogP contribution in [0.5, 0.6) is 23.0 Å². The van der Waals surface area contributed by atoms with Crippen LogP contribution in [0.25, 0.3) is 10.8 Å². The van der Waals surface area contributed by atoms with Gasteiger partial charge in [0.2, 0.25) is 5.75 Å². The van der Waals surface area contributed by atoms with Gasteiger partial charge in [0.15, 0.2) is 11.5 Å². The predicted molar refractivity (Wildman–Crippen MR) is 100.0 cm³/mol. The van der Waals surface area contributed by atoms with Gasteiger partial charge in [-0.25, -0.2) is 0 Å². The van der Waals surface area contributed by atoms with Gasteiger partial charge in [-0.3, -0.25) is 4.79 Å². The molecule has 3 aromatic rings. The maximum atomic E-state index is 12.9. The zero-order chi connectivity index (χ0) is 18.7. The number of hydrogen-bond acceptors (Lipinski definition) is 5. The van der Waals surface area contributed by atoms with E-state index in [0.29, 0.717) is 34.9 Å². The summed E-state index contributed by atoms with van der Waals surface area (Å²) >= 11 is 0. The standard InChI is InChI=1S/C20H21NO5/c1-23-15-7-5-6-14-8-9-21(20(22)18(14)15)12-13-10-16(24-2)19(26-4)17(11-13)25-3/h5-11H,12H2,1-4H3. The summed E-state index contributed by atoms with van der Waals surface area (Å²) in [6, 6.07) is 11.1. The summed E-state index contributed by atoms with van der Waals surface area (Å²) < 4.78 is 23.1. The zero-order valence-electron chi connectivity index (χ0n) is 15.2. The highest BCUT2D eigenvalue weighted by molar-refractivity contribution is 5.87. The highest BCUT2D eigenvalue weighted by atomic mass is 16.5. The Morgan fingerprint density at radius 2 is 1.50 bits per heavy atom. The Labute approximate surface area is 151 Å². The maximum absolute atomic E-state index is 12.9. The van der Waals surface area contributed by atoms with E-state index in [0.717, 1.165) is 10.9 Å². The molecule has 0 aliphatic carbocycles. The molecule has 2 aromatic carbocycles. The van der Waals surface area contributed by atoms with Gasteiger partial charge < -0.3 is 23.5 Å². The largest absolute Gasteiger partial charge is 0.496 e. The molecule has 0 N–H and O–H groups in total. The monoisotopic (exact) mass is 355 g/mol. The maximum Gasteiger partial charge on any atom is 0.262 e. The van der Waals surface area contributed by atoms with Crippen LogP contribution in [-0.2, 0) is 6.54 Å². The van der Waals surface area contributed by atoms with Crippen molar-refractivity contribution in [1.82, 2.24) is 4.57 Å². The van der Waals surface area contributed by atoms with E-state index >= 15 is 0 Å². The van der Waals surface area contributed by atoms with Crippen LogP contribution in [-0.4, -0.2) is 33.0 Å². The molecule has 0 saturated carbocycles. The Hall–Kier alpha value is -3.15. The van der Waals surface area contributed by atoms with Crippen molar-refractivity contribution in [3.63, 3.8) is 0 Å². The third kappa shape index (κ3) is 3.06. The molecule has 0 amide bonds. The highest BCUT2D eigenvalue weighted by Crippen LogP contribution is 2.38. The SMILES string of the molecule is COc1cc(Cn2ccc3cccc(OC)c3c2=O)cc(OC)c1OC. The van der Waals surface area contributed by atoms with Gasteiger partial charge in [-0.1, -0.05) is 12.1 Å². The van der Waals surface area contributed by atoms with Gasteiger partial charge in [0.05, 0.1) is 40.4 Å². The summed E-state index contributed by atoms with van der Waals surface area (Å²) in [5.41, 5.74) is 0.740. The number of benzene rings is 2. The number of rotatable bonds is 6. The summed E-state index contributed by atoms with van der Waals surface area (Å²) in [6.45, 7) is 0.365. The van der Waals surface area contributed by atoms with Crippen molar-refractivity contribution in [3.05, 3.63) is 58.5 Å². The molecule has 0 atom stereocenters. The average molecular weight is 355 g/mol. The van der Waals surface area contributed by atoms with Crippen molar-refractivity contribution in [3.8, 4) is 23.0 Å². The number of fused-ring (bicyclic) bond motifs is 1. The number of ether oxygens (including phenoxy) is 4. The first-order valence-corrected chi connectivity index (χ1v) is 8.08. The van der Waals surface area contributed by atoms with E-state index in [1.807, 2.05) is 30.3 Å². The van der Waals surface area contributed by atoms with E-state index in [9.17, 15) is 4.79 Å². The van der Waals surface area contributed by atoms with Crippen LogP contribution in [0.4, 0.5) is 0 Å². The lowest BCUT2D eigenvalue weighted by Gasteiger charge is -2.15. The second-order valence-electron chi connectivity index (χ2n) is 5.71. The van der Waals surface area contributed by atoms with Crippen molar-refractivity contribution in [2.24, 2.45) is 0 Å². The van der Waals surface area contributed by atoms with E-state index in [2.05, 4.69) is 0 Å².